The van der Waals surface area contributed by atoms with E-state index in [0.29, 0.717) is 22.2 Å². The molecule has 0 bridgehead atoms. The Bertz CT molecular complexity index is 780. The van der Waals surface area contributed by atoms with Crippen molar-refractivity contribution < 1.29 is 0 Å². The summed E-state index contributed by atoms with van der Waals surface area (Å²) in [5.74, 6) is 0.296. The van der Waals surface area contributed by atoms with Crippen LogP contribution in [0.4, 0.5) is 17.2 Å². The lowest BCUT2D eigenvalue weighted by molar-refractivity contribution is 1.10. The first-order valence-electron chi connectivity index (χ1n) is 6.31. The Morgan fingerprint density at radius 2 is 1.67 bits per heavy atom. The van der Waals surface area contributed by atoms with Gasteiger partial charge < -0.3 is 5.73 Å². The average molecular weight is 298 g/mol. The summed E-state index contributed by atoms with van der Waals surface area (Å²) in [5, 5.41) is 15.7. The summed E-state index contributed by atoms with van der Waals surface area (Å²) >= 11 is 6.05. The van der Waals surface area contributed by atoms with Crippen molar-refractivity contribution in [3.63, 3.8) is 0 Å². The lowest BCUT2D eigenvalue weighted by Crippen LogP contribution is -1.83. The van der Waals surface area contributed by atoms with E-state index >= 15 is 0 Å². The Kier molecular flexibility index (Phi) is 3.66. The number of anilines is 1. The molecular weight excluding hydrogens is 286 g/mol. The number of nitrogens with two attached hydrogens (primary N) is 1. The maximum Gasteiger partial charge on any atom is 0.173 e. The molecule has 1 aromatic heterocycles. The molecule has 3 aromatic rings. The minimum atomic E-state index is 0.296. The number of H-pyrrole nitrogens is 1. The van der Waals surface area contributed by atoms with E-state index in [9.17, 15) is 0 Å². The van der Waals surface area contributed by atoms with Crippen molar-refractivity contribution >= 4 is 28.8 Å². The SMILES string of the molecule is Nc1n[nH]c(-c2ccccc2)c1N=Nc1ccccc1Cl. The first kappa shape index (κ1) is 13.3. The number of hydrogen-bond acceptors (Lipinski definition) is 4. The van der Waals surface area contributed by atoms with Crippen molar-refractivity contribution in [2.45, 2.75) is 0 Å². The number of aromatic amines is 1. The smallest absolute Gasteiger partial charge is 0.173 e. The van der Waals surface area contributed by atoms with Crippen molar-refractivity contribution in [1.82, 2.24) is 10.2 Å². The van der Waals surface area contributed by atoms with Crippen LogP contribution in [0.5, 0.6) is 0 Å². The fourth-order valence-electron chi connectivity index (χ4n) is 1.89. The summed E-state index contributed by atoms with van der Waals surface area (Å²) < 4.78 is 0. The Morgan fingerprint density at radius 3 is 2.43 bits per heavy atom. The average Bonchev–Trinajstić information content (AvgIpc) is 2.88. The second-order valence-electron chi connectivity index (χ2n) is 4.35. The van der Waals surface area contributed by atoms with Crippen LogP contribution in [0.1, 0.15) is 0 Å². The molecule has 6 heteroatoms. The Labute approximate surface area is 126 Å². The van der Waals surface area contributed by atoms with E-state index in [4.69, 9.17) is 17.3 Å². The number of nitrogens with zero attached hydrogens (tertiary/aromatic N) is 3. The quantitative estimate of drug-likeness (QED) is 0.685. The molecular formula is C15H12ClN5. The van der Waals surface area contributed by atoms with Crippen molar-refractivity contribution in [3.8, 4) is 11.3 Å². The highest BCUT2D eigenvalue weighted by atomic mass is 35.5. The molecule has 0 atom stereocenters. The molecule has 21 heavy (non-hydrogen) atoms. The molecule has 0 saturated carbocycles. The zero-order chi connectivity index (χ0) is 14.7. The summed E-state index contributed by atoms with van der Waals surface area (Å²) in [4.78, 5) is 0. The van der Waals surface area contributed by atoms with Gasteiger partial charge in [0.05, 0.1) is 10.7 Å². The predicted octanol–water partition coefficient (Wildman–Crippen LogP) is 4.73. The van der Waals surface area contributed by atoms with E-state index < -0.39 is 0 Å². The molecule has 3 rings (SSSR count). The molecule has 0 aliphatic carbocycles. The van der Waals surface area contributed by atoms with Crippen molar-refractivity contribution in [3.05, 3.63) is 59.6 Å². The maximum absolute atomic E-state index is 6.05. The molecule has 2 aromatic carbocycles. The predicted molar refractivity (Wildman–Crippen MR) is 84.1 cm³/mol. The highest BCUT2D eigenvalue weighted by Crippen LogP contribution is 2.35. The molecule has 0 aliphatic rings. The van der Waals surface area contributed by atoms with Crippen LogP contribution in [0.3, 0.4) is 0 Å². The second-order valence-corrected chi connectivity index (χ2v) is 4.76. The minimum absolute atomic E-state index is 0.296. The number of hydrogen-bond donors (Lipinski definition) is 2. The van der Waals surface area contributed by atoms with Crippen molar-refractivity contribution in [2.75, 3.05) is 5.73 Å². The number of nitrogen functional groups attached to an aromatic ring is 1. The van der Waals surface area contributed by atoms with Gasteiger partial charge in [0.15, 0.2) is 11.5 Å². The van der Waals surface area contributed by atoms with Gasteiger partial charge in [-0.05, 0) is 12.1 Å². The van der Waals surface area contributed by atoms with Crippen LogP contribution in [-0.4, -0.2) is 10.2 Å². The first-order chi connectivity index (χ1) is 10.3. The van der Waals surface area contributed by atoms with Crippen LogP contribution in [0, 0.1) is 0 Å². The molecule has 0 saturated heterocycles. The van der Waals surface area contributed by atoms with Crippen LogP contribution in [0.2, 0.25) is 5.02 Å². The fraction of sp³-hybridized carbons (Fsp3) is 0. The normalized spacial score (nSPS) is 11.1. The van der Waals surface area contributed by atoms with Crippen molar-refractivity contribution in [2.24, 2.45) is 10.2 Å². The standard InChI is InChI=1S/C15H12ClN5/c16-11-8-4-5-9-12(11)18-20-14-13(19-21-15(14)17)10-6-2-1-3-7-10/h1-9H,(H3,17,19,21). The van der Waals surface area contributed by atoms with E-state index in [1.54, 1.807) is 12.1 Å². The van der Waals surface area contributed by atoms with Gasteiger partial charge in [0.2, 0.25) is 0 Å². The topological polar surface area (TPSA) is 79.4 Å². The zero-order valence-corrected chi connectivity index (χ0v) is 11.7. The van der Waals surface area contributed by atoms with Crippen LogP contribution < -0.4 is 5.73 Å². The van der Waals surface area contributed by atoms with E-state index in [2.05, 4.69) is 20.4 Å². The lowest BCUT2D eigenvalue weighted by atomic mass is 10.1. The van der Waals surface area contributed by atoms with Gasteiger partial charge in [-0.25, -0.2) is 0 Å². The van der Waals surface area contributed by atoms with Crippen LogP contribution in [-0.2, 0) is 0 Å². The van der Waals surface area contributed by atoms with E-state index in [0.717, 1.165) is 11.3 Å². The third-order valence-electron chi connectivity index (χ3n) is 2.94. The van der Waals surface area contributed by atoms with Gasteiger partial charge in [0.25, 0.3) is 0 Å². The first-order valence-corrected chi connectivity index (χ1v) is 6.69. The van der Waals surface area contributed by atoms with Gasteiger partial charge in [-0.2, -0.15) is 5.10 Å². The second kappa shape index (κ2) is 5.76. The molecule has 0 fully saturated rings. The number of halogens is 1. The number of azo groups is 1. The maximum atomic E-state index is 6.05. The number of nitrogens with one attached hydrogen (secondary N) is 1. The van der Waals surface area contributed by atoms with Crippen LogP contribution in [0.15, 0.2) is 64.8 Å². The molecule has 0 radical (unpaired) electrons. The number of rotatable bonds is 3. The van der Waals surface area contributed by atoms with E-state index in [1.807, 2.05) is 42.5 Å². The van der Waals surface area contributed by atoms with E-state index in [1.165, 1.54) is 0 Å². The molecule has 0 spiro atoms. The van der Waals surface area contributed by atoms with E-state index in [-0.39, 0.29) is 0 Å². The molecule has 104 valence electrons. The van der Waals surface area contributed by atoms with Crippen molar-refractivity contribution in [1.29, 1.82) is 0 Å². The summed E-state index contributed by atoms with van der Waals surface area (Å²) in [5.41, 5.74) is 8.60. The Morgan fingerprint density at radius 1 is 0.952 bits per heavy atom. The largest absolute Gasteiger partial charge is 0.380 e. The van der Waals surface area contributed by atoms with Gasteiger partial charge >= 0.3 is 0 Å². The molecule has 1 heterocycles. The minimum Gasteiger partial charge on any atom is -0.380 e. The zero-order valence-electron chi connectivity index (χ0n) is 11.0. The van der Waals surface area contributed by atoms with Crippen LogP contribution in [0.25, 0.3) is 11.3 Å². The summed E-state index contributed by atoms with van der Waals surface area (Å²) in [6, 6.07) is 16.9. The monoisotopic (exact) mass is 297 g/mol. The Hall–Kier alpha value is -2.66. The van der Waals surface area contributed by atoms with Gasteiger partial charge in [-0.1, -0.05) is 54.1 Å². The van der Waals surface area contributed by atoms with Gasteiger partial charge in [-0.3, -0.25) is 5.10 Å². The molecule has 5 nitrogen and oxygen atoms in total. The van der Waals surface area contributed by atoms with Gasteiger partial charge in [-0.15, -0.1) is 10.2 Å². The van der Waals surface area contributed by atoms with Crippen LogP contribution >= 0.6 is 11.6 Å². The summed E-state index contributed by atoms with van der Waals surface area (Å²) in [6.45, 7) is 0. The molecule has 0 amide bonds. The summed E-state index contributed by atoms with van der Waals surface area (Å²) in [6.07, 6.45) is 0. The Balaban J connectivity index is 2.00. The summed E-state index contributed by atoms with van der Waals surface area (Å²) in [7, 11) is 0. The van der Waals surface area contributed by atoms with Gasteiger partial charge in [0, 0.05) is 5.56 Å². The third kappa shape index (κ3) is 2.78. The third-order valence-corrected chi connectivity index (χ3v) is 3.26. The highest BCUT2D eigenvalue weighted by Gasteiger charge is 2.12. The number of benzene rings is 2. The highest BCUT2D eigenvalue weighted by molar-refractivity contribution is 6.32. The lowest BCUT2D eigenvalue weighted by Gasteiger charge is -1.99. The molecule has 0 aliphatic heterocycles. The number of aromatic nitrogens is 2. The molecule has 3 N–H and O–H groups in total. The fourth-order valence-corrected chi connectivity index (χ4v) is 2.07. The molecule has 0 unspecified atom stereocenters. The van der Waals surface area contributed by atoms with Gasteiger partial charge in [0.1, 0.15) is 5.69 Å².